The van der Waals surface area contributed by atoms with Gasteiger partial charge in [0.2, 0.25) is 5.01 Å². The molecule has 2 aliphatic rings. The molecule has 7 nitrogen and oxygen atoms in total. The summed E-state index contributed by atoms with van der Waals surface area (Å²) >= 11 is 0.894. The minimum absolute atomic E-state index is 0.0158. The van der Waals surface area contributed by atoms with Crippen molar-refractivity contribution >= 4 is 29.0 Å². The molecule has 0 unspecified atom stereocenters. The molecule has 0 saturated carbocycles. The van der Waals surface area contributed by atoms with Crippen LogP contribution in [0.4, 0.5) is 14.6 Å². The van der Waals surface area contributed by atoms with Gasteiger partial charge in [0.25, 0.3) is 12.3 Å². The lowest BCUT2D eigenvalue weighted by Gasteiger charge is -2.23. The first kappa shape index (κ1) is 23.5. The normalized spacial score (nSPS) is 19.9. The topological polar surface area (TPSA) is 84.4 Å². The van der Waals surface area contributed by atoms with Crippen molar-refractivity contribution in [3.8, 4) is 10.4 Å². The number of amides is 1. The molecular weight excluding hydrogens is 450 g/mol. The van der Waals surface area contributed by atoms with Gasteiger partial charge in [0, 0.05) is 34.9 Å². The van der Waals surface area contributed by atoms with Crippen LogP contribution in [0.2, 0.25) is 0 Å². The zero-order valence-electron chi connectivity index (χ0n) is 19.2. The quantitative estimate of drug-likeness (QED) is 0.568. The largest absolute Gasteiger partial charge is 0.461 e. The van der Waals surface area contributed by atoms with Crippen molar-refractivity contribution in [2.75, 3.05) is 11.9 Å². The number of esters is 1. The Morgan fingerprint density at radius 2 is 1.88 bits per heavy atom. The van der Waals surface area contributed by atoms with E-state index < -0.39 is 12.4 Å². The van der Waals surface area contributed by atoms with Crippen LogP contribution in [0, 0.1) is 0 Å². The van der Waals surface area contributed by atoms with Gasteiger partial charge in [-0.1, -0.05) is 0 Å². The molecule has 0 atom stereocenters. The number of hydrogen-bond acceptors (Lipinski definition) is 7. The maximum atomic E-state index is 14.1. The van der Waals surface area contributed by atoms with E-state index in [1.807, 2.05) is 25.7 Å². The summed E-state index contributed by atoms with van der Waals surface area (Å²) in [5, 5.41) is 3.06. The molecular formula is C23H28F2N4O3S. The smallest absolute Gasteiger partial charge is 0.367 e. The summed E-state index contributed by atoms with van der Waals surface area (Å²) in [5.41, 5.74) is -0.519. The molecule has 0 aliphatic carbocycles. The highest BCUT2D eigenvalue weighted by molar-refractivity contribution is 7.17. The van der Waals surface area contributed by atoms with Gasteiger partial charge in [0.1, 0.15) is 11.5 Å². The Balaban J connectivity index is 1.80. The van der Waals surface area contributed by atoms with Crippen molar-refractivity contribution < 1.29 is 23.1 Å². The van der Waals surface area contributed by atoms with Gasteiger partial charge in [-0.05, 0) is 59.4 Å². The average molecular weight is 479 g/mol. The average Bonchev–Trinajstić information content (AvgIpc) is 3.46. The third-order valence-electron chi connectivity index (χ3n) is 5.89. The molecule has 2 fully saturated rings. The van der Waals surface area contributed by atoms with Gasteiger partial charge in [0.15, 0.2) is 0 Å². The Labute approximate surface area is 195 Å². The Hall–Kier alpha value is -2.62. The number of carbonyl (C=O) groups excluding carboxylic acids is 2. The summed E-state index contributed by atoms with van der Waals surface area (Å²) < 4.78 is 33.3. The molecule has 10 heteroatoms. The molecule has 0 aromatic carbocycles. The highest BCUT2D eigenvalue weighted by Gasteiger charge is 2.44. The van der Waals surface area contributed by atoms with Gasteiger partial charge in [-0.15, -0.1) is 11.3 Å². The number of anilines is 1. The number of rotatable bonds is 6. The molecule has 1 N–H and O–H groups in total. The maximum Gasteiger partial charge on any atom is 0.367 e. The van der Waals surface area contributed by atoms with Gasteiger partial charge < -0.3 is 15.0 Å². The standard InChI is InChI=1S/C23H28F2N4O3S/c1-5-32-22(31)20-27-17(21(30)29-12-6-7-13(29)9-8-12)18(33-20)15-11-26-16(28-23(2,3)4)10-14(15)19(24)25/h10-13,19H,5-9H2,1-4H3,(H,26,28)/t12-,13+. The number of carbonyl (C=O) groups is 2. The van der Waals surface area contributed by atoms with Crippen LogP contribution in [0.25, 0.3) is 10.4 Å². The Morgan fingerprint density at radius 3 is 2.42 bits per heavy atom. The molecule has 33 heavy (non-hydrogen) atoms. The lowest BCUT2D eigenvalue weighted by molar-refractivity contribution is 0.0525. The van der Waals surface area contributed by atoms with Gasteiger partial charge in [-0.3, -0.25) is 4.79 Å². The Morgan fingerprint density at radius 1 is 1.24 bits per heavy atom. The van der Waals surface area contributed by atoms with Crippen molar-refractivity contribution in [1.29, 1.82) is 0 Å². The van der Waals surface area contributed by atoms with Gasteiger partial charge in [0.05, 0.1) is 11.5 Å². The summed E-state index contributed by atoms with van der Waals surface area (Å²) in [6.07, 6.45) is 2.24. The number of nitrogens with one attached hydrogen (secondary N) is 1. The minimum Gasteiger partial charge on any atom is -0.461 e. The molecule has 178 valence electrons. The zero-order valence-corrected chi connectivity index (χ0v) is 20.0. The number of alkyl halides is 2. The predicted octanol–water partition coefficient (Wildman–Crippen LogP) is 5.30. The van der Waals surface area contributed by atoms with Crippen molar-refractivity contribution in [1.82, 2.24) is 14.9 Å². The van der Waals surface area contributed by atoms with E-state index in [4.69, 9.17) is 4.74 Å². The summed E-state index contributed by atoms with van der Waals surface area (Å²) in [4.78, 5) is 36.6. The molecule has 0 radical (unpaired) electrons. The van der Waals surface area contributed by atoms with Gasteiger partial charge >= 0.3 is 5.97 Å². The Kier molecular flexibility index (Phi) is 6.39. The second-order valence-electron chi connectivity index (χ2n) is 9.42. The summed E-state index contributed by atoms with van der Waals surface area (Å²) in [6, 6.07) is 1.56. The fourth-order valence-electron chi connectivity index (χ4n) is 4.59. The van der Waals surface area contributed by atoms with E-state index in [-0.39, 0.29) is 56.8 Å². The second-order valence-corrected chi connectivity index (χ2v) is 10.4. The van der Waals surface area contributed by atoms with Crippen LogP contribution in [0.3, 0.4) is 0 Å². The second kappa shape index (κ2) is 8.96. The van der Waals surface area contributed by atoms with Crippen LogP contribution < -0.4 is 5.32 Å². The highest BCUT2D eigenvalue weighted by atomic mass is 32.1. The maximum absolute atomic E-state index is 14.1. The molecule has 4 heterocycles. The summed E-state index contributed by atoms with van der Waals surface area (Å²) in [7, 11) is 0. The molecule has 2 saturated heterocycles. The van der Waals surface area contributed by atoms with Crippen LogP contribution >= 0.6 is 11.3 Å². The first-order valence-corrected chi connectivity index (χ1v) is 12.0. The predicted molar refractivity (Wildman–Crippen MR) is 122 cm³/mol. The van der Waals surface area contributed by atoms with Crippen molar-refractivity contribution in [3.05, 3.63) is 28.5 Å². The first-order chi connectivity index (χ1) is 15.6. The van der Waals surface area contributed by atoms with E-state index in [9.17, 15) is 18.4 Å². The number of hydrogen-bond donors (Lipinski definition) is 1. The van der Waals surface area contributed by atoms with Crippen molar-refractivity contribution in [2.24, 2.45) is 0 Å². The summed E-state index contributed by atoms with van der Waals surface area (Å²) in [6.45, 7) is 7.52. The van der Waals surface area contributed by atoms with E-state index >= 15 is 0 Å². The van der Waals surface area contributed by atoms with Crippen molar-refractivity contribution in [2.45, 2.75) is 77.4 Å². The van der Waals surface area contributed by atoms with E-state index in [0.29, 0.717) is 5.82 Å². The lowest BCUT2D eigenvalue weighted by Crippen LogP contribution is -2.35. The molecule has 2 bridgehead atoms. The number of fused-ring (bicyclic) bond motifs is 2. The third kappa shape index (κ3) is 4.71. The molecule has 4 rings (SSSR count). The van der Waals surface area contributed by atoms with E-state index in [1.54, 1.807) is 6.92 Å². The fraction of sp³-hybridized carbons (Fsp3) is 0.565. The summed E-state index contributed by atoms with van der Waals surface area (Å²) in [5.74, 6) is -0.689. The fourth-order valence-corrected chi connectivity index (χ4v) is 5.57. The Bertz CT molecular complexity index is 1050. The lowest BCUT2D eigenvalue weighted by atomic mass is 10.0. The monoisotopic (exact) mass is 478 g/mol. The van der Waals surface area contributed by atoms with Crippen LogP contribution in [0.5, 0.6) is 0 Å². The van der Waals surface area contributed by atoms with Crippen LogP contribution in [-0.4, -0.2) is 51.0 Å². The van der Waals surface area contributed by atoms with Gasteiger partial charge in [-0.25, -0.2) is 23.5 Å². The molecule has 2 aromatic heterocycles. The van der Waals surface area contributed by atoms with Crippen molar-refractivity contribution in [3.63, 3.8) is 0 Å². The number of aromatic nitrogens is 2. The number of nitrogens with zero attached hydrogens (tertiary/aromatic N) is 3. The highest BCUT2D eigenvalue weighted by Crippen LogP contribution is 2.42. The van der Waals surface area contributed by atoms with Crippen LogP contribution in [-0.2, 0) is 4.74 Å². The molecule has 2 aromatic rings. The third-order valence-corrected chi connectivity index (χ3v) is 6.95. The SMILES string of the molecule is CCOC(=O)c1nc(C(=O)N2[C@H]3CC[C@@H]2CC3)c(-c2cnc(NC(C)(C)C)cc2C(F)F)s1. The number of pyridine rings is 1. The molecule has 0 spiro atoms. The van der Waals surface area contributed by atoms with E-state index in [2.05, 4.69) is 15.3 Å². The number of halogens is 2. The van der Waals surface area contributed by atoms with Crippen LogP contribution in [0.1, 0.15) is 85.7 Å². The van der Waals surface area contributed by atoms with E-state index in [0.717, 1.165) is 37.0 Å². The number of ether oxygens (including phenoxy) is 1. The van der Waals surface area contributed by atoms with E-state index in [1.165, 1.54) is 12.3 Å². The number of thiazole rings is 1. The van der Waals surface area contributed by atoms with Crippen LogP contribution in [0.15, 0.2) is 12.3 Å². The molecule has 2 aliphatic heterocycles. The molecule has 1 amide bonds. The zero-order chi connectivity index (χ0) is 23.9. The first-order valence-electron chi connectivity index (χ1n) is 11.2. The van der Waals surface area contributed by atoms with Gasteiger partial charge in [-0.2, -0.15) is 0 Å². The minimum atomic E-state index is -2.80.